The van der Waals surface area contributed by atoms with E-state index in [4.69, 9.17) is 4.98 Å². The second kappa shape index (κ2) is 5.53. The number of hydrogen-bond donors (Lipinski definition) is 0. The molecule has 3 nitrogen and oxygen atoms in total. The van der Waals surface area contributed by atoms with E-state index < -0.39 is 0 Å². The zero-order valence-electron chi connectivity index (χ0n) is 16.5. The zero-order valence-corrected chi connectivity index (χ0v) is 16.5. The zero-order chi connectivity index (χ0) is 18.9. The average Bonchev–Trinajstić information content (AvgIpc) is 2.94. The van der Waals surface area contributed by atoms with Crippen molar-refractivity contribution in [2.75, 3.05) is 0 Å². The molecule has 0 bridgehead atoms. The van der Waals surface area contributed by atoms with Crippen molar-refractivity contribution in [3.63, 3.8) is 0 Å². The molecular formula is C24H24N3+. The van der Waals surface area contributed by atoms with Crippen LogP contribution in [0.15, 0.2) is 48.5 Å². The third-order valence-corrected chi connectivity index (χ3v) is 5.77. The van der Waals surface area contributed by atoms with E-state index in [-0.39, 0.29) is 0 Å². The van der Waals surface area contributed by atoms with Crippen molar-refractivity contribution >= 4 is 38.5 Å². The van der Waals surface area contributed by atoms with E-state index in [1.165, 1.54) is 44.1 Å². The molecule has 0 fully saturated rings. The maximum absolute atomic E-state index is 4.95. The van der Waals surface area contributed by atoms with Crippen LogP contribution in [0.3, 0.4) is 0 Å². The second-order valence-corrected chi connectivity index (χ2v) is 7.94. The summed E-state index contributed by atoms with van der Waals surface area (Å²) in [4.78, 5) is 4.95. The molecule has 0 saturated heterocycles. The molecule has 0 atom stereocenters. The fourth-order valence-electron chi connectivity index (χ4n) is 4.45. The van der Waals surface area contributed by atoms with E-state index in [1.807, 2.05) is 0 Å². The van der Waals surface area contributed by atoms with Gasteiger partial charge in [0, 0.05) is 11.1 Å². The third kappa shape index (κ3) is 2.14. The van der Waals surface area contributed by atoms with Crippen LogP contribution >= 0.6 is 0 Å². The van der Waals surface area contributed by atoms with E-state index >= 15 is 0 Å². The van der Waals surface area contributed by atoms with Gasteiger partial charge < -0.3 is 0 Å². The minimum Gasteiger partial charge on any atom is -0.252 e. The van der Waals surface area contributed by atoms with Gasteiger partial charge in [-0.1, -0.05) is 32.0 Å². The number of para-hydroxylation sites is 1. The van der Waals surface area contributed by atoms with Crippen molar-refractivity contribution in [1.82, 2.24) is 9.38 Å². The van der Waals surface area contributed by atoms with Crippen molar-refractivity contribution in [3.8, 4) is 0 Å². The van der Waals surface area contributed by atoms with Gasteiger partial charge in [0.2, 0.25) is 0 Å². The number of fused-ring (bicyclic) bond motifs is 8. The van der Waals surface area contributed by atoms with Crippen LogP contribution in [0.25, 0.3) is 38.5 Å². The van der Waals surface area contributed by atoms with Crippen LogP contribution in [0.4, 0.5) is 0 Å². The number of nitrogens with zero attached hydrogens (tertiary/aromatic N) is 3. The molecular weight excluding hydrogens is 330 g/mol. The summed E-state index contributed by atoms with van der Waals surface area (Å²) in [6, 6.07) is 17.7. The first-order valence-electron chi connectivity index (χ1n) is 9.60. The maximum atomic E-state index is 4.95. The molecule has 0 amide bonds. The molecule has 2 aromatic carbocycles. The SMILES string of the molecule is Cc1cc(C)c2c(n1)c1ccccc1n1c3cc(C(C)C)ccc3[n+](C)c21. The van der Waals surface area contributed by atoms with Gasteiger partial charge in [-0.2, -0.15) is 4.40 Å². The molecule has 0 spiro atoms. The first-order chi connectivity index (χ1) is 13.0. The molecule has 0 radical (unpaired) electrons. The van der Waals surface area contributed by atoms with Crippen molar-refractivity contribution < 1.29 is 4.57 Å². The second-order valence-electron chi connectivity index (χ2n) is 7.94. The summed E-state index contributed by atoms with van der Waals surface area (Å²) in [5, 5.41) is 2.45. The summed E-state index contributed by atoms with van der Waals surface area (Å²) in [5.41, 5.74) is 9.73. The lowest BCUT2D eigenvalue weighted by Crippen LogP contribution is -2.27. The normalized spacial score (nSPS) is 12.2. The first kappa shape index (κ1) is 16.2. The molecule has 27 heavy (non-hydrogen) atoms. The molecule has 0 N–H and O–H groups in total. The molecule has 3 aromatic heterocycles. The maximum Gasteiger partial charge on any atom is 0.297 e. The van der Waals surface area contributed by atoms with Gasteiger partial charge in [0.05, 0.1) is 18.0 Å². The third-order valence-electron chi connectivity index (χ3n) is 5.77. The van der Waals surface area contributed by atoms with Crippen LogP contribution in [0.5, 0.6) is 0 Å². The van der Waals surface area contributed by atoms with Gasteiger partial charge in [0.1, 0.15) is 5.52 Å². The minimum atomic E-state index is 0.503. The molecule has 5 rings (SSSR count). The summed E-state index contributed by atoms with van der Waals surface area (Å²) < 4.78 is 4.74. The molecule has 3 heterocycles. The summed E-state index contributed by atoms with van der Waals surface area (Å²) in [6.45, 7) is 8.78. The van der Waals surface area contributed by atoms with Gasteiger partial charge in [0.15, 0.2) is 11.0 Å². The predicted molar refractivity (Wildman–Crippen MR) is 112 cm³/mol. The van der Waals surface area contributed by atoms with E-state index in [1.54, 1.807) is 0 Å². The lowest BCUT2D eigenvalue weighted by atomic mass is 10.0. The topological polar surface area (TPSA) is 21.2 Å². The van der Waals surface area contributed by atoms with Crippen LogP contribution in [0.1, 0.15) is 36.6 Å². The van der Waals surface area contributed by atoms with Crippen LogP contribution in [-0.2, 0) is 7.05 Å². The molecule has 0 aliphatic rings. The number of benzene rings is 2. The van der Waals surface area contributed by atoms with Crippen molar-refractivity contribution in [2.24, 2.45) is 7.05 Å². The van der Waals surface area contributed by atoms with Gasteiger partial charge in [0.25, 0.3) is 5.65 Å². The smallest absolute Gasteiger partial charge is 0.252 e. The Bertz CT molecular complexity index is 1370. The molecule has 0 unspecified atom stereocenters. The van der Waals surface area contributed by atoms with Crippen molar-refractivity contribution in [3.05, 3.63) is 65.4 Å². The fraction of sp³-hybridized carbons (Fsp3) is 0.250. The average molecular weight is 354 g/mol. The van der Waals surface area contributed by atoms with E-state index in [2.05, 4.69) is 92.2 Å². The Morgan fingerprint density at radius 1 is 0.963 bits per heavy atom. The molecule has 0 aliphatic carbocycles. The molecule has 5 aromatic rings. The van der Waals surface area contributed by atoms with Gasteiger partial charge in [-0.15, -0.1) is 0 Å². The van der Waals surface area contributed by atoms with Gasteiger partial charge in [-0.05, 0) is 61.2 Å². The van der Waals surface area contributed by atoms with Crippen molar-refractivity contribution in [1.29, 1.82) is 0 Å². The number of imidazole rings is 1. The Balaban J connectivity index is 2.17. The van der Waals surface area contributed by atoms with Gasteiger partial charge in [-0.25, -0.2) is 4.57 Å². The number of pyridine rings is 2. The largest absolute Gasteiger partial charge is 0.297 e. The summed E-state index contributed by atoms with van der Waals surface area (Å²) >= 11 is 0. The summed E-state index contributed by atoms with van der Waals surface area (Å²) in [7, 11) is 2.17. The van der Waals surface area contributed by atoms with Gasteiger partial charge in [-0.3, -0.25) is 4.98 Å². The lowest BCUT2D eigenvalue weighted by Gasteiger charge is -2.08. The van der Waals surface area contributed by atoms with Crippen LogP contribution in [0.2, 0.25) is 0 Å². The van der Waals surface area contributed by atoms with Crippen LogP contribution < -0.4 is 4.57 Å². The van der Waals surface area contributed by atoms with E-state index in [0.29, 0.717) is 5.92 Å². The van der Waals surface area contributed by atoms with E-state index in [0.717, 1.165) is 11.2 Å². The Kier molecular flexibility index (Phi) is 3.33. The van der Waals surface area contributed by atoms with Crippen LogP contribution in [0, 0.1) is 13.8 Å². The summed E-state index contributed by atoms with van der Waals surface area (Å²) in [5.74, 6) is 0.503. The Labute approximate surface area is 158 Å². The highest BCUT2D eigenvalue weighted by molar-refractivity contribution is 6.11. The highest BCUT2D eigenvalue weighted by Crippen LogP contribution is 2.33. The monoisotopic (exact) mass is 354 g/mol. The fourth-order valence-corrected chi connectivity index (χ4v) is 4.45. The Hall–Kier alpha value is -2.94. The standard InChI is InChI=1S/C24H24N3/c1-14(2)17-10-11-20-21(13-17)27-19-9-7-6-8-18(19)23-22(24(27)26(20)5)15(3)12-16(4)25-23/h6-14H,1-5H3/q+1. The highest BCUT2D eigenvalue weighted by atomic mass is 15.1. The van der Waals surface area contributed by atoms with Gasteiger partial charge >= 0.3 is 0 Å². The number of rotatable bonds is 1. The Morgan fingerprint density at radius 3 is 2.52 bits per heavy atom. The number of aryl methyl sites for hydroxylation is 3. The van der Waals surface area contributed by atoms with E-state index in [9.17, 15) is 0 Å². The van der Waals surface area contributed by atoms with Crippen LogP contribution in [-0.4, -0.2) is 9.38 Å². The number of aromatic nitrogens is 3. The molecule has 3 heteroatoms. The first-order valence-corrected chi connectivity index (χ1v) is 9.60. The van der Waals surface area contributed by atoms with Crippen molar-refractivity contribution in [2.45, 2.75) is 33.6 Å². The molecule has 0 aliphatic heterocycles. The Morgan fingerprint density at radius 2 is 1.74 bits per heavy atom. The predicted octanol–water partition coefficient (Wildman–Crippen LogP) is 5.36. The quantitative estimate of drug-likeness (QED) is 0.293. The number of hydrogen-bond acceptors (Lipinski definition) is 1. The highest BCUT2D eigenvalue weighted by Gasteiger charge is 2.25. The molecule has 0 saturated carbocycles. The minimum absolute atomic E-state index is 0.503. The molecule has 134 valence electrons. The lowest BCUT2D eigenvalue weighted by molar-refractivity contribution is -0.617. The summed E-state index contributed by atoms with van der Waals surface area (Å²) in [6.07, 6.45) is 0.